The summed E-state index contributed by atoms with van der Waals surface area (Å²) in [6, 6.07) is 19.9. The van der Waals surface area contributed by atoms with Crippen LogP contribution in [0.2, 0.25) is 0 Å². The van der Waals surface area contributed by atoms with Crippen LogP contribution in [0.25, 0.3) is 27.5 Å². The third kappa shape index (κ3) is 6.07. The van der Waals surface area contributed by atoms with E-state index in [4.69, 9.17) is 6.42 Å². The summed E-state index contributed by atoms with van der Waals surface area (Å²) in [5.74, 6) is 2.93. The Morgan fingerprint density at radius 2 is 1.95 bits per heavy atom. The van der Waals surface area contributed by atoms with Gasteiger partial charge in [0.05, 0.1) is 42.4 Å². The average Bonchev–Trinajstić information content (AvgIpc) is 3.65. The summed E-state index contributed by atoms with van der Waals surface area (Å²) in [6.45, 7) is 0.877. The third-order valence-corrected chi connectivity index (χ3v) is 7.26. The molecule has 10 nitrogen and oxygen atoms in total. The number of aliphatic hydroxyl groups excluding tert-OH is 2. The highest BCUT2D eigenvalue weighted by atomic mass is 19.1. The van der Waals surface area contributed by atoms with Crippen molar-refractivity contribution >= 4 is 33.3 Å². The molecule has 0 saturated heterocycles. The van der Waals surface area contributed by atoms with Crippen molar-refractivity contribution in [3.63, 3.8) is 0 Å². The van der Waals surface area contributed by atoms with Crippen LogP contribution in [0, 0.1) is 18.2 Å². The van der Waals surface area contributed by atoms with Gasteiger partial charge in [-0.05, 0) is 60.2 Å². The van der Waals surface area contributed by atoms with Gasteiger partial charge in [0, 0.05) is 47.8 Å². The van der Waals surface area contributed by atoms with Crippen LogP contribution in [0.4, 0.5) is 15.9 Å². The number of nitrogens with one attached hydrogen (secondary N) is 1. The molecule has 1 atom stereocenters. The zero-order valence-corrected chi connectivity index (χ0v) is 23.2. The molecule has 0 bridgehead atoms. The van der Waals surface area contributed by atoms with E-state index in [9.17, 15) is 14.6 Å². The van der Waals surface area contributed by atoms with Gasteiger partial charge in [0.1, 0.15) is 18.0 Å². The standard InChI is InChI=1S/C32H29FN8O2/c1-2-27(20-43)39(12-13-42)18-26-19-41(38-37-26)28-7-8-30-29(16-28)32(35-21-34-30)36-25-6-9-31-23(15-25)10-11-40(31)17-22-4-3-5-24(33)14-22/h1,3-11,14-16,19,21,27,42-43H,12-13,17-18,20H2,(H,34,35,36). The first-order valence-corrected chi connectivity index (χ1v) is 13.7. The SMILES string of the molecule is C#CC(CO)N(CCO)Cc1cn(-c2ccc3ncnc(Nc4ccc5c(ccn5Cc5cccc(F)c5)c4)c3c2)nn1. The summed E-state index contributed by atoms with van der Waals surface area (Å²) in [7, 11) is 0. The summed E-state index contributed by atoms with van der Waals surface area (Å²) in [5, 5.41) is 32.8. The number of terminal acetylenes is 1. The number of nitrogens with zero attached hydrogens (tertiary/aromatic N) is 7. The molecular formula is C32H29FN8O2. The largest absolute Gasteiger partial charge is 0.395 e. The van der Waals surface area contributed by atoms with E-state index >= 15 is 0 Å². The zero-order valence-electron chi connectivity index (χ0n) is 23.2. The van der Waals surface area contributed by atoms with Gasteiger partial charge in [0.2, 0.25) is 0 Å². The molecule has 3 aromatic carbocycles. The fourth-order valence-electron chi connectivity index (χ4n) is 5.12. The Labute approximate surface area is 247 Å². The van der Waals surface area contributed by atoms with Gasteiger partial charge in [-0.2, -0.15) is 0 Å². The molecule has 0 radical (unpaired) electrons. The first-order chi connectivity index (χ1) is 21.0. The van der Waals surface area contributed by atoms with Crippen LogP contribution < -0.4 is 5.32 Å². The van der Waals surface area contributed by atoms with Crippen molar-refractivity contribution < 1.29 is 14.6 Å². The number of halogens is 1. The summed E-state index contributed by atoms with van der Waals surface area (Å²) >= 11 is 0. The lowest BCUT2D eigenvalue weighted by Crippen LogP contribution is -2.38. The van der Waals surface area contributed by atoms with Crippen molar-refractivity contribution in [2.24, 2.45) is 0 Å². The van der Waals surface area contributed by atoms with Crippen molar-refractivity contribution in [3.05, 3.63) is 103 Å². The molecule has 0 saturated carbocycles. The van der Waals surface area contributed by atoms with Crippen LogP contribution in [0.15, 0.2) is 85.5 Å². The fourth-order valence-corrected chi connectivity index (χ4v) is 5.12. The summed E-state index contributed by atoms with van der Waals surface area (Å²) < 4.78 is 17.4. The molecule has 11 heteroatoms. The predicted molar refractivity (Wildman–Crippen MR) is 162 cm³/mol. The second-order valence-corrected chi connectivity index (χ2v) is 10.1. The highest BCUT2D eigenvalue weighted by molar-refractivity contribution is 5.93. The second kappa shape index (κ2) is 12.4. The average molecular weight is 577 g/mol. The molecule has 3 heterocycles. The van der Waals surface area contributed by atoms with Gasteiger partial charge in [-0.1, -0.05) is 23.3 Å². The molecule has 0 amide bonds. The Bertz CT molecular complexity index is 1930. The first-order valence-electron chi connectivity index (χ1n) is 13.7. The van der Waals surface area contributed by atoms with E-state index in [-0.39, 0.29) is 19.0 Å². The maximum Gasteiger partial charge on any atom is 0.141 e. The van der Waals surface area contributed by atoms with E-state index in [0.29, 0.717) is 31.1 Å². The number of aromatic nitrogens is 6. The Morgan fingerprint density at radius 1 is 1.05 bits per heavy atom. The Hall–Kier alpha value is -5.15. The van der Waals surface area contributed by atoms with Crippen LogP contribution in [0.1, 0.15) is 11.3 Å². The minimum absolute atomic E-state index is 0.0968. The summed E-state index contributed by atoms with van der Waals surface area (Å²) in [6.07, 6.45) is 10.8. The lowest BCUT2D eigenvalue weighted by atomic mass is 10.2. The van der Waals surface area contributed by atoms with Crippen LogP contribution in [0.3, 0.4) is 0 Å². The molecule has 0 aliphatic carbocycles. The highest BCUT2D eigenvalue weighted by Crippen LogP contribution is 2.28. The van der Waals surface area contributed by atoms with Gasteiger partial charge in [0.15, 0.2) is 0 Å². The van der Waals surface area contributed by atoms with E-state index in [1.165, 1.54) is 12.4 Å². The lowest BCUT2D eigenvalue weighted by molar-refractivity contribution is 0.123. The minimum atomic E-state index is -0.532. The van der Waals surface area contributed by atoms with E-state index in [2.05, 4.69) is 36.1 Å². The second-order valence-electron chi connectivity index (χ2n) is 10.1. The van der Waals surface area contributed by atoms with Crippen LogP contribution in [-0.2, 0) is 13.1 Å². The van der Waals surface area contributed by atoms with E-state index in [0.717, 1.165) is 38.7 Å². The molecule has 0 aliphatic rings. The van der Waals surface area contributed by atoms with Gasteiger partial charge in [-0.15, -0.1) is 11.5 Å². The number of rotatable bonds is 11. The number of aliphatic hydroxyl groups is 2. The quantitative estimate of drug-likeness (QED) is 0.199. The molecule has 216 valence electrons. The number of hydrogen-bond acceptors (Lipinski definition) is 8. The van der Waals surface area contributed by atoms with Crippen molar-refractivity contribution in [2.75, 3.05) is 25.1 Å². The normalized spacial score (nSPS) is 12.2. The predicted octanol–water partition coefficient (Wildman–Crippen LogP) is 3.88. The minimum Gasteiger partial charge on any atom is -0.395 e. The Balaban J connectivity index is 1.24. The van der Waals surface area contributed by atoms with E-state index < -0.39 is 6.04 Å². The monoisotopic (exact) mass is 576 g/mol. The van der Waals surface area contributed by atoms with Crippen molar-refractivity contribution in [1.82, 2.24) is 34.4 Å². The number of benzene rings is 3. The molecule has 0 spiro atoms. The van der Waals surface area contributed by atoms with Gasteiger partial charge < -0.3 is 20.1 Å². The van der Waals surface area contributed by atoms with Crippen molar-refractivity contribution in [2.45, 2.75) is 19.1 Å². The fraction of sp³-hybridized carbons (Fsp3) is 0.188. The molecule has 6 rings (SSSR count). The molecule has 0 aliphatic heterocycles. The molecule has 43 heavy (non-hydrogen) atoms. The number of hydrogen-bond donors (Lipinski definition) is 3. The lowest BCUT2D eigenvalue weighted by Gasteiger charge is -2.24. The number of anilines is 2. The highest BCUT2D eigenvalue weighted by Gasteiger charge is 2.17. The van der Waals surface area contributed by atoms with Gasteiger partial charge >= 0.3 is 0 Å². The Kier molecular flexibility index (Phi) is 8.06. The third-order valence-electron chi connectivity index (χ3n) is 7.26. The van der Waals surface area contributed by atoms with E-state index in [1.807, 2.05) is 54.7 Å². The smallest absolute Gasteiger partial charge is 0.141 e. The summed E-state index contributed by atoms with van der Waals surface area (Å²) in [5.41, 5.74) is 4.96. The van der Waals surface area contributed by atoms with Gasteiger partial charge in [0.25, 0.3) is 0 Å². The first kappa shape index (κ1) is 28.0. The number of fused-ring (bicyclic) bond motifs is 2. The van der Waals surface area contributed by atoms with Gasteiger partial charge in [-0.25, -0.2) is 19.0 Å². The Morgan fingerprint density at radius 3 is 2.77 bits per heavy atom. The molecule has 1 unspecified atom stereocenters. The molecule has 6 aromatic rings. The van der Waals surface area contributed by atoms with Gasteiger partial charge in [-0.3, -0.25) is 4.90 Å². The maximum atomic E-state index is 13.7. The molecule has 0 fully saturated rings. The van der Waals surface area contributed by atoms with Crippen molar-refractivity contribution in [3.8, 4) is 18.0 Å². The van der Waals surface area contributed by atoms with Crippen molar-refractivity contribution in [1.29, 1.82) is 0 Å². The maximum absolute atomic E-state index is 13.7. The molecule has 3 aromatic heterocycles. The molecular weight excluding hydrogens is 547 g/mol. The molecule has 3 N–H and O–H groups in total. The van der Waals surface area contributed by atoms with Crippen LogP contribution >= 0.6 is 0 Å². The summed E-state index contributed by atoms with van der Waals surface area (Å²) in [4.78, 5) is 10.7. The van der Waals surface area contributed by atoms with E-state index in [1.54, 1.807) is 27.9 Å². The van der Waals surface area contributed by atoms with Crippen LogP contribution in [-0.4, -0.2) is 70.4 Å². The van der Waals surface area contributed by atoms with Crippen LogP contribution in [0.5, 0.6) is 0 Å². The topological polar surface area (TPSA) is 117 Å². The zero-order chi connectivity index (χ0) is 29.8.